The van der Waals surface area contributed by atoms with Crippen molar-refractivity contribution in [2.75, 3.05) is 15.6 Å². The molecule has 1 fully saturated rings. The summed E-state index contributed by atoms with van der Waals surface area (Å²) in [4.78, 5) is 28.5. The number of fused-ring (bicyclic) bond motifs is 2. The van der Waals surface area contributed by atoms with Gasteiger partial charge in [0, 0.05) is 16.3 Å². The van der Waals surface area contributed by atoms with E-state index >= 15 is 0 Å². The smallest absolute Gasteiger partial charge is 0.304 e. The third-order valence-corrected chi connectivity index (χ3v) is 7.38. The van der Waals surface area contributed by atoms with E-state index < -0.39 is 16.6 Å². The van der Waals surface area contributed by atoms with Gasteiger partial charge in [0.25, 0.3) is 5.91 Å². The largest absolute Gasteiger partial charge is 0.416 e. The highest BCUT2D eigenvalue weighted by molar-refractivity contribution is 8.02. The number of benzene rings is 3. The number of carbonyl (C=O) groups excluding carboxylic acids is 2. The number of nitrogens with zero attached hydrogens (tertiary/aromatic N) is 2. The fourth-order valence-corrected chi connectivity index (χ4v) is 5.82. The number of thioether (sulfide) groups is 1. The maximum atomic E-state index is 13.9. The van der Waals surface area contributed by atoms with Crippen LogP contribution in [0.15, 0.2) is 72.8 Å². The minimum atomic E-state index is -4.48. The predicted octanol–water partition coefficient (Wildman–Crippen LogP) is 5.84. The highest BCUT2D eigenvalue weighted by atomic mass is 35.5. The number of anilines is 2. The lowest BCUT2D eigenvalue weighted by Gasteiger charge is -2.33. The zero-order chi connectivity index (χ0) is 23.4. The van der Waals surface area contributed by atoms with Gasteiger partial charge < -0.3 is 4.90 Å². The normalized spacial score (nSPS) is 20.1. The monoisotopic (exact) mass is 488 g/mol. The van der Waals surface area contributed by atoms with Crippen LogP contribution in [0.2, 0.25) is 5.02 Å². The fraction of sp³-hybridized carbons (Fsp3) is 0.167. The van der Waals surface area contributed by atoms with Gasteiger partial charge in [0.05, 0.1) is 23.5 Å². The van der Waals surface area contributed by atoms with Crippen molar-refractivity contribution in [3.05, 3.63) is 94.5 Å². The molecular formula is C24H16ClF3N2O2S. The molecule has 2 aliphatic rings. The Balaban J connectivity index is 1.60. The van der Waals surface area contributed by atoms with Crippen molar-refractivity contribution in [2.24, 2.45) is 0 Å². The number of carbonyl (C=O) groups is 2. The van der Waals surface area contributed by atoms with Gasteiger partial charge >= 0.3 is 6.18 Å². The molecule has 0 unspecified atom stereocenters. The molecule has 2 aliphatic heterocycles. The molecule has 0 radical (unpaired) electrons. The van der Waals surface area contributed by atoms with Crippen LogP contribution in [0.25, 0.3) is 0 Å². The van der Waals surface area contributed by atoms with Gasteiger partial charge in [-0.3, -0.25) is 14.5 Å². The minimum Gasteiger partial charge on any atom is -0.304 e. The summed E-state index contributed by atoms with van der Waals surface area (Å²) >= 11 is 7.22. The van der Waals surface area contributed by atoms with Crippen molar-refractivity contribution < 1.29 is 22.8 Å². The molecule has 2 heterocycles. The molecule has 4 nitrogen and oxygen atoms in total. The number of hydrogen-bond donors (Lipinski definition) is 0. The number of rotatable bonds is 3. The van der Waals surface area contributed by atoms with Gasteiger partial charge in [-0.25, -0.2) is 0 Å². The first-order valence-corrected chi connectivity index (χ1v) is 11.4. The number of alkyl halides is 3. The highest BCUT2D eigenvalue weighted by Gasteiger charge is 2.60. The second-order valence-corrected chi connectivity index (χ2v) is 9.35. The summed E-state index contributed by atoms with van der Waals surface area (Å²) in [5, 5.41) is 0.497. The van der Waals surface area contributed by atoms with E-state index in [4.69, 9.17) is 11.6 Å². The first-order chi connectivity index (χ1) is 15.7. The summed E-state index contributed by atoms with van der Waals surface area (Å²) in [5.74, 6) is -0.501. The molecule has 1 saturated heterocycles. The summed E-state index contributed by atoms with van der Waals surface area (Å²) in [6, 6.07) is 18.7. The van der Waals surface area contributed by atoms with Crippen LogP contribution >= 0.6 is 23.4 Å². The Bertz CT molecular complexity index is 1270. The molecule has 33 heavy (non-hydrogen) atoms. The van der Waals surface area contributed by atoms with Crippen molar-refractivity contribution >= 4 is 46.6 Å². The third-order valence-electron chi connectivity index (χ3n) is 5.74. The molecule has 5 rings (SSSR count). The number of para-hydroxylation sites is 1. The van der Waals surface area contributed by atoms with E-state index in [1.54, 1.807) is 54.6 Å². The van der Waals surface area contributed by atoms with Crippen molar-refractivity contribution in [3.8, 4) is 0 Å². The Morgan fingerprint density at radius 3 is 2.42 bits per heavy atom. The molecule has 2 amide bonds. The van der Waals surface area contributed by atoms with Crippen LogP contribution in [0.1, 0.15) is 16.7 Å². The van der Waals surface area contributed by atoms with Gasteiger partial charge in [0.1, 0.15) is 0 Å². The van der Waals surface area contributed by atoms with Crippen LogP contribution in [0.5, 0.6) is 0 Å². The molecule has 9 heteroatoms. The summed E-state index contributed by atoms with van der Waals surface area (Å²) in [7, 11) is 0. The molecule has 1 atom stereocenters. The lowest BCUT2D eigenvalue weighted by Crippen LogP contribution is -2.49. The lowest BCUT2D eigenvalue weighted by molar-refractivity contribution is -0.137. The number of hydrogen-bond acceptors (Lipinski definition) is 3. The van der Waals surface area contributed by atoms with E-state index in [1.807, 2.05) is 0 Å². The Kier molecular flexibility index (Phi) is 5.17. The van der Waals surface area contributed by atoms with Crippen LogP contribution in [-0.2, 0) is 27.2 Å². The van der Waals surface area contributed by atoms with Gasteiger partial charge in [-0.1, -0.05) is 41.9 Å². The minimum absolute atomic E-state index is 0.0509. The average Bonchev–Trinajstić information content (AvgIpc) is 3.25. The van der Waals surface area contributed by atoms with Crippen LogP contribution in [0, 0.1) is 0 Å². The summed E-state index contributed by atoms with van der Waals surface area (Å²) in [6.07, 6.45) is -4.48. The van der Waals surface area contributed by atoms with Crippen LogP contribution in [0.4, 0.5) is 24.5 Å². The van der Waals surface area contributed by atoms with E-state index in [-0.39, 0.29) is 24.1 Å². The van der Waals surface area contributed by atoms with Gasteiger partial charge in [-0.05, 0) is 48.0 Å². The molecule has 168 valence electrons. The molecular weight excluding hydrogens is 473 g/mol. The number of halogens is 4. The fourth-order valence-electron chi connectivity index (χ4n) is 4.33. The van der Waals surface area contributed by atoms with Crippen molar-refractivity contribution in [1.82, 2.24) is 0 Å². The van der Waals surface area contributed by atoms with Crippen molar-refractivity contribution in [2.45, 2.75) is 17.6 Å². The highest BCUT2D eigenvalue weighted by Crippen LogP contribution is 2.56. The quantitative estimate of drug-likeness (QED) is 0.465. The predicted molar refractivity (Wildman–Crippen MR) is 122 cm³/mol. The van der Waals surface area contributed by atoms with E-state index in [9.17, 15) is 22.8 Å². The molecule has 0 aliphatic carbocycles. The average molecular weight is 489 g/mol. The number of amides is 2. The summed E-state index contributed by atoms with van der Waals surface area (Å²) in [5.41, 5.74) is 1.30. The summed E-state index contributed by atoms with van der Waals surface area (Å²) < 4.78 is 39.6. The Hall–Kier alpha value is -2.97. The first kappa shape index (κ1) is 21.9. The zero-order valence-corrected chi connectivity index (χ0v) is 18.5. The van der Waals surface area contributed by atoms with E-state index in [0.717, 1.165) is 12.1 Å². The Morgan fingerprint density at radius 2 is 1.70 bits per heavy atom. The second kappa shape index (κ2) is 7.81. The Labute approximate surface area is 196 Å². The molecule has 3 aromatic rings. The Morgan fingerprint density at radius 1 is 0.970 bits per heavy atom. The standard InChI is InChI=1S/C24H16ClF3N2O2S/c25-17-8-10-18(11-9-17)30-21(31)14-33-23(30)19-6-1-2-7-20(19)29(22(23)32)13-15-4-3-5-16(12-15)24(26,27)28/h1-12H,13-14H2/t23-/m1/s1. The van der Waals surface area contributed by atoms with Crippen LogP contribution < -0.4 is 9.80 Å². The van der Waals surface area contributed by atoms with E-state index in [1.165, 1.54) is 27.6 Å². The van der Waals surface area contributed by atoms with Gasteiger partial charge in [0.2, 0.25) is 10.8 Å². The van der Waals surface area contributed by atoms with Crippen LogP contribution in [-0.4, -0.2) is 17.6 Å². The van der Waals surface area contributed by atoms with Gasteiger partial charge in [-0.15, -0.1) is 11.8 Å². The molecule has 0 bridgehead atoms. The molecule has 0 saturated carbocycles. The zero-order valence-electron chi connectivity index (χ0n) is 17.0. The second-order valence-electron chi connectivity index (χ2n) is 7.74. The van der Waals surface area contributed by atoms with Crippen LogP contribution in [0.3, 0.4) is 0 Å². The van der Waals surface area contributed by atoms with Crippen molar-refractivity contribution in [3.63, 3.8) is 0 Å². The topological polar surface area (TPSA) is 40.6 Å². The third kappa shape index (κ3) is 3.48. The van der Waals surface area contributed by atoms with E-state index in [0.29, 0.717) is 27.5 Å². The van der Waals surface area contributed by atoms with Gasteiger partial charge in [-0.2, -0.15) is 13.2 Å². The maximum absolute atomic E-state index is 13.9. The lowest BCUT2D eigenvalue weighted by atomic mass is 10.0. The summed E-state index contributed by atoms with van der Waals surface area (Å²) in [6.45, 7) is -0.0509. The SMILES string of the molecule is O=C1CS[C@]2(C(=O)N(Cc3cccc(C(F)(F)F)c3)c3ccccc32)N1c1ccc(Cl)cc1. The van der Waals surface area contributed by atoms with Gasteiger partial charge in [0.15, 0.2) is 0 Å². The maximum Gasteiger partial charge on any atom is 0.416 e. The molecule has 1 spiro atoms. The van der Waals surface area contributed by atoms with Crippen molar-refractivity contribution in [1.29, 1.82) is 0 Å². The van der Waals surface area contributed by atoms with E-state index in [2.05, 4.69) is 0 Å². The first-order valence-electron chi connectivity index (χ1n) is 10.0. The molecule has 3 aromatic carbocycles. The molecule has 0 aromatic heterocycles. The molecule has 0 N–H and O–H groups in total.